The van der Waals surface area contributed by atoms with E-state index < -0.39 is 11.7 Å². The molecule has 0 bridgehead atoms. The van der Waals surface area contributed by atoms with Gasteiger partial charge in [-0.25, -0.2) is 4.39 Å². The lowest BCUT2D eigenvalue weighted by molar-refractivity contribution is 0.0945. The number of nitrogens with zero attached hydrogens (tertiary/aromatic N) is 1. The lowest BCUT2D eigenvalue weighted by atomic mass is 9.94. The Kier molecular flexibility index (Phi) is 7.42. The quantitative estimate of drug-likeness (QED) is 0.887. The second kappa shape index (κ2) is 8.82. The van der Waals surface area contributed by atoms with Crippen LogP contribution in [0.4, 0.5) is 4.39 Å². The highest BCUT2D eigenvalue weighted by Crippen LogP contribution is 2.21. The van der Waals surface area contributed by atoms with Crippen LogP contribution in [0.5, 0.6) is 0 Å². The molecule has 2 N–H and O–H groups in total. The number of nitrogens with one attached hydrogen (secondary N) is 2. The molecular formula is C16H18Cl2FN3O. The van der Waals surface area contributed by atoms with Gasteiger partial charge in [-0.3, -0.25) is 9.78 Å². The van der Waals surface area contributed by atoms with Gasteiger partial charge in [0.25, 0.3) is 5.91 Å². The zero-order valence-electron chi connectivity index (χ0n) is 12.3. The van der Waals surface area contributed by atoms with E-state index in [0.29, 0.717) is 6.54 Å². The minimum atomic E-state index is -0.605. The van der Waals surface area contributed by atoms with Gasteiger partial charge in [0.2, 0.25) is 0 Å². The molecule has 0 aliphatic carbocycles. The number of halogens is 3. The van der Waals surface area contributed by atoms with Gasteiger partial charge in [0.05, 0.1) is 11.8 Å². The molecule has 4 nitrogen and oxygen atoms in total. The number of pyridine rings is 1. The molecule has 1 aromatic heterocycles. The van der Waals surface area contributed by atoms with Gasteiger partial charge < -0.3 is 10.6 Å². The van der Waals surface area contributed by atoms with Crippen LogP contribution in [0.15, 0.2) is 42.7 Å². The fraction of sp³-hybridized carbons (Fsp3) is 0.250. The molecule has 124 valence electrons. The van der Waals surface area contributed by atoms with Crippen LogP contribution in [0.25, 0.3) is 0 Å². The molecule has 2 heterocycles. The standard InChI is InChI=1S/C16H16FN3O.2ClH/c17-14-9-18-7-6-13(14)16(21)20-10-15-12-4-2-1-3-11(12)5-8-19-15;;/h1-4,6-7,9,15,19H,5,8,10H2,(H,20,21);2*1H. The zero-order chi connectivity index (χ0) is 14.7. The number of carbonyl (C=O) groups excluding carboxylic acids is 1. The number of aromatic nitrogens is 1. The van der Waals surface area contributed by atoms with E-state index >= 15 is 0 Å². The largest absolute Gasteiger partial charge is 0.350 e. The topological polar surface area (TPSA) is 54.0 Å². The molecule has 1 atom stereocenters. The Labute approximate surface area is 146 Å². The van der Waals surface area contributed by atoms with E-state index in [9.17, 15) is 9.18 Å². The summed E-state index contributed by atoms with van der Waals surface area (Å²) in [7, 11) is 0. The van der Waals surface area contributed by atoms with Crippen molar-refractivity contribution in [1.82, 2.24) is 15.6 Å². The van der Waals surface area contributed by atoms with Crippen LogP contribution in [-0.4, -0.2) is 24.0 Å². The molecule has 1 amide bonds. The van der Waals surface area contributed by atoms with Crippen LogP contribution in [0.1, 0.15) is 27.5 Å². The first kappa shape index (κ1) is 19.4. The Morgan fingerprint density at radius 3 is 2.87 bits per heavy atom. The molecule has 1 unspecified atom stereocenters. The second-order valence-electron chi connectivity index (χ2n) is 5.02. The van der Waals surface area contributed by atoms with Gasteiger partial charge in [-0.15, -0.1) is 24.8 Å². The molecule has 0 spiro atoms. The molecule has 0 saturated carbocycles. The maximum Gasteiger partial charge on any atom is 0.254 e. The summed E-state index contributed by atoms with van der Waals surface area (Å²) < 4.78 is 13.5. The van der Waals surface area contributed by atoms with E-state index in [0.717, 1.165) is 19.2 Å². The van der Waals surface area contributed by atoms with Crippen molar-refractivity contribution in [2.75, 3.05) is 13.1 Å². The molecule has 1 aromatic carbocycles. The van der Waals surface area contributed by atoms with Gasteiger partial charge in [-0.2, -0.15) is 0 Å². The minimum absolute atomic E-state index is 0. The Morgan fingerprint density at radius 2 is 2.09 bits per heavy atom. The van der Waals surface area contributed by atoms with Crippen molar-refractivity contribution in [2.24, 2.45) is 0 Å². The third-order valence-corrected chi connectivity index (χ3v) is 3.70. The lowest BCUT2D eigenvalue weighted by Gasteiger charge is -2.27. The Morgan fingerprint density at radius 1 is 1.30 bits per heavy atom. The van der Waals surface area contributed by atoms with Crippen molar-refractivity contribution in [2.45, 2.75) is 12.5 Å². The van der Waals surface area contributed by atoms with Crippen molar-refractivity contribution in [3.05, 3.63) is 65.2 Å². The van der Waals surface area contributed by atoms with Crippen molar-refractivity contribution >= 4 is 30.7 Å². The fourth-order valence-corrected chi connectivity index (χ4v) is 2.62. The highest BCUT2D eigenvalue weighted by atomic mass is 35.5. The minimum Gasteiger partial charge on any atom is -0.350 e. The van der Waals surface area contributed by atoms with E-state index in [1.165, 1.54) is 23.4 Å². The molecule has 7 heteroatoms. The molecule has 2 aromatic rings. The van der Waals surface area contributed by atoms with Crippen molar-refractivity contribution in [1.29, 1.82) is 0 Å². The predicted molar refractivity (Wildman–Crippen MR) is 91.9 cm³/mol. The van der Waals surface area contributed by atoms with Crippen LogP contribution in [0.2, 0.25) is 0 Å². The molecule has 0 saturated heterocycles. The summed E-state index contributed by atoms with van der Waals surface area (Å²) in [5.74, 6) is -1.02. The van der Waals surface area contributed by atoms with Crippen LogP contribution in [0, 0.1) is 5.82 Å². The van der Waals surface area contributed by atoms with E-state index in [4.69, 9.17) is 0 Å². The smallest absolute Gasteiger partial charge is 0.254 e. The highest BCUT2D eigenvalue weighted by Gasteiger charge is 2.20. The number of amides is 1. The van der Waals surface area contributed by atoms with E-state index in [1.54, 1.807) is 0 Å². The first-order valence-electron chi connectivity index (χ1n) is 6.94. The summed E-state index contributed by atoms with van der Waals surface area (Å²) in [6.45, 7) is 1.30. The average molecular weight is 358 g/mol. The summed E-state index contributed by atoms with van der Waals surface area (Å²) in [6, 6.07) is 9.62. The summed E-state index contributed by atoms with van der Waals surface area (Å²) in [5, 5.41) is 6.16. The first-order chi connectivity index (χ1) is 10.3. The Balaban J connectivity index is 0.00000132. The van der Waals surface area contributed by atoms with Gasteiger partial charge in [0, 0.05) is 18.8 Å². The molecule has 0 fully saturated rings. The third-order valence-electron chi connectivity index (χ3n) is 3.70. The summed E-state index contributed by atoms with van der Waals surface area (Å²) in [4.78, 5) is 15.7. The SMILES string of the molecule is Cl.Cl.O=C(NCC1NCCc2ccccc21)c1ccncc1F. The predicted octanol–water partition coefficient (Wildman–Crippen LogP) is 2.68. The molecule has 23 heavy (non-hydrogen) atoms. The molecule has 1 aliphatic heterocycles. The molecular weight excluding hydrogens is 340 g/mol. The fourth-order valence-electron chi connectivity index (χ4n) is 2.62. The van der Waals surface area contributed by atoms with Crippen molar-refractivity contribution in [3.8, 4) is 0 Å². The zero-order valence-corrected chi connectivity index (χ0v) is 13.9. The summed E-state index contributed by atoms with van der Waals surface area (Å²) >= 11 is 0. The third kappa shape index (κ3) is 4.41. The lowest BCUT2D eigenvalue weighted by Crippen LogP contribution is -2.39. The van der Waals surface area contributed by atoms with Gasteiger partial charge >= 0.3 is 0 Å². The average Bonchev–Trinajstić information content (AvgIpc) is 2.53. The molecule has 1 aliphatic rings. The van der Waals surface area contributed by atoms with E-state index in [1.807, 2.05) is 12.1 Å². The normalized spacial score (nSPS) is 15.6. The number of benzene rings is 1. The van der Waals surface area contributed by atoms with Crippen molar-refractivity contribution in [3.63, 3.8) is 0 Å². The highest BCUT2D eigenvalue weighted by molar-refractivity contribution is 5.94. The summed E-state index contributed by atoms with van der Waals surface area (Å²) in [5.41, 5.74) is 2.51. The number of fused-ring (bicyclic) bond motifs is 1. The second-order valence-corrected chi connectivity index (χ2v) is 5.02. The van der Waals surface area contributed by atoms with Crippen LogP contribution >= 0.6 is 24.8 Å². The Hall–Kier alpha value is -1.69. The van der Waals surface area contributed by atoms with Gasteiger partial charge in [-0.05, 0) is 30.2 Å². The van der Waals surface area contributed by atoms with Gasteiger partial charge in [0.15, 0.2) is 5.82 Å². The van der Waals surface area contributed by atoms with E-state index in [2.05, 4.69) is 27.8 Å². The maximum absolute atomic E-state index is 13.5. The van der Waals surface area contributed by atoms with Crippen LogP contribution in [0.3, 0.4) is 0 Å². The summed E-state index contributed by atoms with van der Waals surface area (Å²) in [6.07, 6.45) is 3.44. The monoisotopic (exact) mass is 357 g/mol. The van der Waals surface area contributed by atoms with E-state index in [-0.39, 0.29) is 36.4 Å². The Bertz CT molecular complexity index is 669. The molecule has 3 rings (SSSR count). The van der Waals surface area contributed by atoms with Crippen LogP contribution < -0.4 is 10.6 Å². The number of hydrogen-bond donors (Lipinski definition) is 2. The van der Waals surface area contributed by atoms with Crippen molar-refractivity contribution < 1.29 is 9.18 Å². The van der Waals surface area contributed by atoms with Gasteiger partial charge in [-0.1, -0.05) is 24.3 Å². The number of hydrogen-bond acceptors (Lipinski definition) is 3. The van der Waals surface area contributed by atoms with Crippen LogP contribution in [-0.2, 0) is 6.42 Å². The first-order valence-corrected chi connectivity index (χ1v) is 6.94. The number of rotatable bonds is 3. The number of carbonyl (C=O) groups is 1. The molecule has 0 radical (unpaired) electrons. The van der Waals surface area contributed by atoms with Gasteiger partial charge in [0.1, 0.15) is 0 Å². The maximum atomic E-state index is 13.5.